The van der Waals surface area contributed by atoms with Gasteiger partial charge in [-0.2, -0.15) is 0 Å². The van der Waals surface area contributed by atoms with E-state index < -0.39 is 0 Å². The van der Waals surface area contributed by atoms with Gasteiger partial charge in [0, 0.05) is 5.69 Å². The Bertz CT molecular complexity index is 960. The molecule has 0 aliphatic heterocycles. The van der Waals surface area contributed by atoms with Gasteiger partial charge in [-0.15, -0.1) is 0 Å². The van der Waals surface area contributed by atoms with Crippen molar-refractivity contribution in [2.24, 2.45) is 0 Å². The van der Waals surface area contributed by atoms with Crippen LogP contribution >= 0.6 is 0 Å². The summed E-state index contributed by atoms with van der Waals surface area (Å²) in [5.74, 6) is 0.273. The molecule has 0 radical (unpaired) electrons. The summed E-state index contributed by atoms with van der Waals surface area (Å²) in [5, 5.41) is 9.68. The van der Waals surface area contributed by atoms with Crippen LogP contribution in [0.2, 0.25) is 0 Å². The van der Waals surface area contributed by atoms with Gasteiger partial charge in [0.15, 0.2) is 0 Å². The Morgan fingerprint density at radius 3 is 1.38 bits per heavy atom. The number of hydrogen-bond acceptors (Lipinski definition) is 1. The molecule has 128 valence electrons. The zero-order valence-corrected chi connectivity index (χ0v) is 15.0. The first-order valence-electron chi connectivity index (χ1n) is 8.77. The molecule has 0 aliphatic rings. The van der Waals surface area contributed by atoms with E-state index in [2.05, 4.69) is 79.1 Å². The van der Waals surface area contributed by atoms with Gasteiger partial charge in [0.25, 0.3) is 0 Å². The van der Waals surface area contributed by atoms with E-state index >= 15 is 0 Å². The monoisotopic (exact) mass is 339 g/mol. The second-order valence-corrected chi connectivity index (χ2v) is 6.69. The SMILES string of the molecule is Cc1ccc(-c2ccc(-c3ccc(C)cc3)n2-c2ccc(O)cc2)cc1. The number of nitrogens with zero attached hydrogens (tertiary/aromatic N) is 1. The molecule has 4 aromatic rings. The highest BCUT2D eigenvalue weighted by Gasteiger charge is 2.13. The Labute approximate surface area is 154 Å². The molecule has 3 aromatic carbocycles. The molecule has 2 nitrogen and oxygen atoms in total. The minimum absolute atomic E-state index is 0.273. The quantitative estimate of drug-likeness (QED) is 0.477. The number of aromatic nitrogens is 1. The fourth-order valence-electron chi connectivity index (χ4n) is 3.22. The first kappa shape index (κ1) is 16.2. The van der Waals surface area contributed by atoms with Crippen molar-refractivity contribution in [1.82, 2.24) is 4.57 Å². The number of benzene rings is 3. The van der Waals surface area contributed by atoms with E-state index in [1.807, 2.05) is 12.1 Å². The highest BCUT2D eigenvalue weighted by Crippen LogP contribution is 2.33. The largest absolute Gasteiger partial charge is 0.508 e. The second kappa shape index (κ2) is 6.57. The summed E-state index contributed by atoms with van der Waals surface area (Å²) < 4.78 is 2.24. The number of aromatic hydroxyl groups is 1. The molecule has 1 heterocycles. The first-order chi connectivity index (χ1) is 12.6. The van der Waals surface area contributed by atoms with Crippen LogP contribution in [-0.2, 0) is 0 Å². The van der Waals surface area contributed by atoms with E-state index in [1.54, 1.807) is 12.1 Å². The van der Waals surface area contributed by atoms with Crippen molar-refractivity contribution in [1.29, 1.82) is 0 Å². The van der Waals surface area contributed by atoms with E-state index in [9.17, 15) is 5.11 Å². The van der Waals surface area contributed by atoms with Gasteiger partial charge in [0.05, 0.1) is 11.4 Å². The molecule has 1 aromatic heterocycles. The third-order valence-corrected chi connectivity index (χ3v) is 4.68. The van der Waals surface area contributed by atoms with Gasteiger partial charge in [-0.3, -0.25) is 0 Å². The number of rotatable bonds is 3. The molecule has 2 heteroatoms. The molecule has 0 spiro atoms. The third-order valence-electron chi connectivity index (χ3n) is 4.68. The normalized spacial score (nSPS) is 10.8. The summed E-state index contributed by atoms with van der Waals surface area (Å²) in [7, 11) is 0. The summed E-state index contributed by atoms with van der Waals surface area (Å²) in [4.78, 5) is 0. The molecule has 0 atom stereocenters. The number of aryl methyl sites for hydroxylation is 2. The predicted octanol–water partition coefficient (Wildman–Crippen LogP) is 6.13. The van der Waals surface area contributed by atoms with Gasteiger partial charge in [-0.1, -0.05) is 59.7 Å². The molecular weight excluding hydrogens is 318 g/mol. The van der Waals surface area contributed by atoms with Crippen LogP contribution in [0.15, 0.2) is 84.9 Å². The van der Waals surface area contributed by atoms with Crippen molar-refractivity contribution < 1.29 is 5.11 Å². The zero-order valence-electron chi connectivity index (χ0n) is 15.0. The van der Waals surface area contributed by atoms with E-state index in [1.165, 1.54) is 22.3 Å². The van der Waals surface area contributed by atoms with Crippen LogP contribution in [-0.4, -0.2) is 9.67 Å². The maximum Gasteiger partial charge on any atom is 0.115 e. The maximum atomic E-state index is 9.68. The third kappa shape index (κ3) is 3.02. The topological polar surface area (TPSA) is 25.2 Å². The Morgan fingerprint density at radius 1 is 0.538 bits per heavy atom. The maximum absolute atomic E-state index is 9.68. The molecule has 0 fully saturated rings. The summed E-state index contributed by atoms with van der Waals surface area (Å²) >= 11 is 0. The summed E-state index contributed by atoms with van der Waals surface area (Å²) in [6.45, 7) is 4.20. The average Bonchev–Trinajstić information content (AvgIpc) is 3.08. The molecule has 0 bridgehead atoms. The molecule has 26 heavy (non-hydrogen) atoms. The van der Waals surface area contributed by atoms with Crippen LogP contribution in [0.3, 0.4) is 0 Å². The highest BCUT2D eigenvalue weighted by atomic mass is 16.3. The lowest BCUT2D eigenvalue weighted by Crippen LogP contribution is -1.99. The van der Waals surface area contributed by atoms with Gasteiger partial charge in [0.2, 0.25) is 0 Å². The molecule has 4 rings (SSSR count). The predicted molar refractivity (Wildman–Crippen MR) is 108 cm³/mol. The molecule has 0 aliphatic carbocycles. The van der Waals surface area contributed by atoms with E-state index in [4.69, 9.17) is 0 Å². The van der Waals surface area contributed by atoms with Crippen LogP contribution in [0, 0.1) is 13.8 Å². The number of phenolic OH excluding ortho intramolecular Hbond substituents is 1. The fraction of sp³-hybridized carbons (Fsp3) is 0.0833. The Morgan fingerprint density at radius 2 is 0.962 bits per heavy atom. The number of hydrogen-bond donors (Lipinski definition) is 1. The van der Waals surface area contributed by atoms with Crippen LogP contribution < -0.4 is 0 Å². The van der Waals surface area contributed by atoms with Crippen molar-refractivity contribution in [2.75, 3.05) is 0 Å². The molecule has 1 N–H and O–H groups in total. The van der Waals surface area contributed by atoms with E-state index in [0.29, 0.717) is 0 Å². The van der Waals surface area contributed by atoms with Crippen molar-refractivity contribution in [3.05, 3.63) is 96.1 Å². The Balaban J connectivity index is 1.93. The fourth-order valence-corrected chi connectivity index (χ4v) is 3.22. The minimum Gasteiger partial charge on any atom is -0.508 e. The van der Waals surface area contributed by atoms with Crippen LogP contribution in [0.4, 0.5) is 0 Å². The second-order valence-electron chi connectivity index (χ2n) is 6.69. The molecular formula is C24H21NO. The van der Waals surface area contributed by atoms with Crippen molar-refractivity contribution >= 4 is 0 Å². The first-order valence-corrected chi connectivity index (χ1v) is 8.77. The van der Waals surface area contributed by atoms with Crippen LogP contribution in [0.1, 0.15) is 11.1 Å². The summed E-state index contributed by atoms with van der Waals surface area (Å²) in [5.41, 5.74) is 8.12. The smallest absolute Gasteiger partial charge is 0.115 e. The minimum atomic E-state index is 0.273. The molecule has 0 unspecified atom stereocenters. The molecule has 0 saturated heterocycles. The van der Waals surface area contributed by atoms with Crippen LogP contribution in [0.5, 0.6) is 5.75 Å². The van der Waals surface area contributed by atoms with Crippen molar-refractivity contribution in [3.63, 3.8) is 0 Å². The van der Waals surface area contributed by atoms with Crippen molar-refractivity contribution in [3.8, 4) is 34.0 Å². The lowest BCUT2D eigenvalue weighted by molar-refractivity contribution is 0.475. The lowest BCUT2D eigenvalue weighted by atomic mass is 10.1. The van der Waals surface area contributed by atoms with E-state index in [-0.39, 0.29) is 5.75 Å². The van der Waals surface area contributed by atoms with Crippen LogP contribution in [0.25, 0.3) is 28.2 Å². The summed E-state index contributed by atoms with van der Waals surface area (Å²) in [6, 6.07) is 28.8. The lowest BCUT2D eigenvalue weighted by Gasteiger charge is -2.15. The van der Waals surface area contributed by atoms with Gasteiger partial charge in [-0.25, -0.2) is 0 Å². The Kier molecular flexibility index (Phi) is 4.10. The van der Waals surface area contributed by atoms with Gasteiger partial charge in [-0.05, 0) is 61.4 Å². The zero-order chi connectivity index (χ0) is 18.1. The average molecular weight is 339 g/mol. The Hall–Kier alpha value is -3.26. The van der Waals surface area contributed by atoms with E-state index in [0.717, 1.165) is 17.1 Å². The number of phenols is 1. The van der Waals surface area contributed by atoms with Gasteiger partial charge >= 0.3 is 0 Å². The van der Waals surface area contributed by atoms with Crippen molar-refractivity contribution in [2.45, 2.75) is 13.8 Å². The van der Waals surface area contributed by atoms with Gasteiger partial charge < -0.3 is 9.67 Å². The standard InChI is InChI=1S/C24H21NO/c1-17-3-7-19(8-4-17)23-15-16-24(20-9-5-18(2)6-10-20)25(23)21-11-13-22(26)14-12-21/h3-16,26H,1-2H3. The molecule has 0 saturated carbocycles. The summed E-state index contributed by atoms with van der Waals surface area (Å²) in [6.07, 6.45) is 0. The highest BCUT2D eigenvalue weighted by molar-refractivity contribution is 5.73. The molecule has 0 amide bonds. The van der Waals surface area contributed by atoms with Gasteiger partial charge in [0.1, 0.15) is 5.75 Å².